The van der Waals surface area contributed by atoms with Gasteiger partial charge in [-0.2, -0.15) is 0 Å². The predicted molar refractivity (Wildman–Crippen MR) is 122 cm³/mol. The summed E-state index contributed by atoms with van der Waals surface area (Å²) in [4.78, 5) is 24.9. The summed E-state index contributed by atoms with van der Waals surface area (Å²) >= 11 is 0. The molecule has 0 saturated carbocycles. The Morgan fingerprint density at radius 1 is 0.410 bits per heavy atom. The van der Waals surface area contributed by atoms with Gasteiger partial charge in [0.15, 0.2) is 0 Å². The van der Waals surface area contributed by atoms with E-state index in [4.69, 9.17) is 52.1 Å². The van der Waals surface area contributed by atoms with Crippen LogP contribution in [0.2, 0.25) is 0 Å². The molecule has 4 aliphatic rings. The summed E-state index contributed by atoms with van der Waals surface area (Å²) in [5.41, 5.74) is 0. The lowest BCUT2D eigenvalue weighted by Crippen LogP contribution is -2.16. The first-order valence-electron chi connectivity index (χ1n) is 12.6. The summed E-state index contributed by atoms with van der Waals surface area (Å²) in [5.74, 6) is 0. The molecule has 17 heteroatoms. The van der Waals surface area contributed by atoms with Gasteiger partial charge in [0.05, 0.1) is 39.6 Å². The van der Waals surface area contributed by atoms with Crippen LogP contribution in [0.4, 0.5) is 0 Å². The standard InChI is InChI=1S/C22H28N6O11/c1(3-30-17-23-19(36-9-13-5-32-13)27-20(24-17)37-10-14-6-33-14)29-2-4-31-18-25-21(38-11-15-7-34-15)28-22(26-18)39-12-16-8-35-16/h13-16H,1-12H2. The highest BCUT2D eigenvalue weighted by Gasteiger charge is 2.27. The molecule has 0 radical (unpaired) electrons. The molecule has 17 nitrogen and oxygen atoms in total. The summed E-state index contributed by atoms with van der Waals surface area (Å²) in [5, 5.41) is 0. The van der Waals surface area contributed by atoms with Gasteiger partial charge >= 0.3 is 36.1 Å². The number of aromatic nitrogens is 6. The van der Waals surface area contributed by atoms with Crippen LogP contribution in [0, 0.1) is 0 Å². The van der Waals surface area contributed by atoms with E-state index in [1.54, 1.807) is 0 Å². The highest BCUT2D eigenvalue weighted by Crippen LogP contribution is 2.20. The zero-order valence-electron chi connectivity index (χ0n) is 21.0. The molecule has 4 fully saturated rings. The van der Waals surface area contributed by atoms with Gasteiger partial charge in [-0.1, -0.05) is 0 Å². The first-order chi connectivity index (χ1) is 19.2. The molecule has 0 spiro atoms. The number of hydrogen-bond donors (Lipinski definition) is 0. The van der Waals surface area contributed by atoms with Crippen LogP contribution in [-0.2, 0) is 23.7 Å². The summed E-state index contributed by atoms with van der Waals surface area (Å²) in [6.45, 7) is 4.81. The molecule has 0 amide bonds. The van der Waals surface area contributed by atoms with Crippen molar-refractivity contribution in [3.63, 3.8) is 0 Å². The van der Waals surface area contributed by atoms with E-state index in [9.17, 15) is 0 Å². The van der Waals surface area contributed by atoms with Crippen molar-refractivity contribution in [2.45, 2.75) is 24.4 Å². The van der Waals surface area contributed by atoms with Crippen molar-refractivity contribution in [3.8, 4) is 36.1 Å². The molecule has 0 aliphatic carbocycles. The Morgan fingerprint density at radius 3 is 0.923 bits per heavy atom. The van der Waals surface area contributed by atoms with E-state index in [0.29, 0.717) is 52.9 Å². The molecule has 4 saturated heterocycles. The second kappa shape index (κ2) is 12.6. The van der Waals surface area contributed by atoms with Crippen LogP contribution in [0.25, 0.3) is 0 Å². The Bertz CT molecular complexity index is 932. The van der Waals surface area contributed by atoms with Gasteiger partial charge in [0.1, 0.15) is 64.1 Å². The summed E-state index contributed by atoms with van der Waals surface area (Å²) < 4.78 is 59.5. The molecule has 212 valence electrons. The molecule has 4 aliphatic heterocycles. The molecule has 0 bridgehead atoms. The third-order valence-corrected chi connectivity index (χ3v) is 5.27. The highest BCUT2D eigenvalue weighted by atomic mass is 16.6. The quantitative estimate of drug-likeness (QED) is 0.138. The van der Waals surface area contributed by atoms with Crippen molar-refractivity contribution in [1.82, 2.24) is 29.9 Å². The van der Waals surface area contributed by atoms with Gasteiger partial charge in [-0.25, -0.2) is 0 Å². The Labute approximate surface area is 222 Å². The van der Waals surface area contributed by atoms with E-state index in [2.05, 4.69) is 29.9 Å². The largest absolute Gasteiger partial charge is 0.461 e. The maximum absolute atomic E-state index is 5.59. The van der Waals surface area contributed by atoms with Crippen LogP contribution in [0.15, 0.2) is 0 Å². The minimum atomic E-state index is 0.0523. The minimum absolute atomic E-state index is 0.0523. The second-order valence-corrected chi connectivity index (χ2v) is 8.74. The van der Waals surface area contributed by atoms with Gasteiger partial charge in [0, 0.05) is 0 Å². The van der Waals surface area contributed by atoms with Gasteiger partial charge in [-0.3, -0.25) is 0 Å². The first kappa shape index (κ1) is 25.9. The monoisotopic (exact) mass is 552 g/mol. The Balaban J connectivity index is 0.919. The molecule has 0 aromatic carbocycles. The average Bonchev–Trinajstić information content (AvgIpc) is 3.78. The van der Waals surface area contributed by atoms with Gasteiger partial charge in [0.25, 0.3) is 0 Å². The molecule has 0 N–H and O–H groups in total. The summed E-state index contributed by atoms with van der Waals surface area (Å²) in [7, 11) is 0. The lowest BCUT2D eigenvalue weighted by atomic mass is 10.5. The smallest absolute Gasteiger partial charge is 0.325 e. The topological polar surface area (TPSA) is 192 Å². The lowest BCUT2D eigenvalue weighted by molar-refractivity contribution is 0.0702. The SMILES string of the molecule is C(COc1nc(OCC2CO2)nc(OCC2CO2)n1)OCCOc1nc(OCC2CO2)nc(OCC2CO2)n1. The summed E-state index contributed by atoms with van der Waals surface area (Å²) in [6.07, 6.45) is 0.209. The van der Waals surface area contributed by atoms with E-state index in [1.807, 2.05) is 0 Å². The molecule has 39 heavy (non-hydrogen) atoms. The van der Waals surface area contributed by atoms with E-state index in [1.165, 1.54) is 0 Å². The van der Waals surface area contributed by atoms with Crippen molar-refractivity contribution in [3.05, 3.63) is 0 Å². The van der Waals surface area contributed by atoms with Crippen LogP contribution in [0.5, 0.6) is 36.1 Å². The van der Waals surface area contributed by atoms with Crippen LogP contribution < -0.4 is 28.4 Å². The Kier molecular flexibility index (Phi) is 8.39. The summed E-state index contributed by atoms with van der Waals surface area (Å²) in [6, 6.07) is 0.484. The number of hydrogen-bond acceptors (Lipinski definition) is 17. The van der Waals surface area contributed by atoms with E-state index >= 15 is 0 Å². The van der Waals surface area contributed by atoms with Crippen molar-refractivity contribution >= 4 is 0 Å². The molecule has 2 aromatic heterocycles. The third-order valence-electron chi connectivity index (χ3n) is 5.27. The normalized spacial score (nSPS) is 24.0. The first-order valence-corrected chi connectivity index (χ1v) is 12.6. The highest BCUT2D eigenvalue weighted by molar-refractivity contribution is 5.10. The van der Waals surface area contributed by atoms with Crippen LogP contribution >= 0.6 is 0 Å². The van der Waals surface area contributed by atoms with Gasteiger partial charge in [0.2, 0.25) is 0 Å². The maximum Gasteiger partial charge on any atom is 0.325 e. The van der Waals surface area contributed by atoms with E-state index < -0.39 is 0 Å². The van der Waals surface area contributed by atoms with Crippen LogP contribution in [0.1, 0.15) is 0 Å². The number of ether oxygens (including phenoxy) is 11. The Hall–Kier alpha value is -3.38. The number of rotatable bonds is 20. The van der Waals surface area contributed by atoms with Crippen LogP contribution in [-0.4, -0.2) is 134 Å². The van der Waals surface area contributed by atoms with Gasteiger partial charge in [-0.05, 0) is 0 Å². The molecular formula is C22H28N6O11. The van der Waals surface area contributed by atoms with E-state index in [-0.39, 0.29) is 86.9 Å². The van der Waals surface area contributed by atoms with Crippen molar-refractivity contribution in [2.24, 2.45) is 0 Å². The fourth-order valence-electron chi connectivity index (χ4n) is 2.84. The minimum Gasteiger partial charge on any atom is -0.461 e. The zero-order chi connectivity index (χ0) is 26.3. The third kappa shape index (κ3) is 9.39. The van der Waals surface area contributed by atoms with E-state index in [0.717, 1.165) is 0 Å². The average molecular weight is 552 g/mol. The molecule has 4 unspecified atom stereocenters. The van der Waals surface area contributed by atoms with Crippen LogP contribution in [0.3, 0.4) is 0 Å². The number of epoxide rings is 4. The number of nitrogens with zero attached hydrogens (tertiary/aromatic N) is 6. The van der Waals surface area contributed by atoms with Gasteiger partial charge < -0.3 is 52.1 Å². The van der Waals surface area contributed by atoms with Gasteiger partial charge in [-0.15, -0.1) is 29.9 Å². The molecule has 6 rings (SSSR count). The fourth-order valence-corrected chi connectivity index (χ4v) is 2.84. The molecule has 2 aromatic rings. The molecule has 4 atom stereocenters. The molecular weight excluding hydrogens is 524 g/mol. The molecule has 6 heterocycles. The van der Waals surface area contributed by atoms with Crippen molar-refractivity contribution in [1.29, 1.82) is 0 Å². The van der Waals surface area contributed by atoms with Crippen molar-refractivity contribution < 1.29 is 52.1 Å². The predicted octanol–water partition coefficient (Wildman–Crippen LogP) is -1.36. The fraction of sp³-hybridized carbons (Fsp3) is 0.727. The van der Waals surface area contributed by atoms with Crippen molar-refractivity contribution in [2.75, 3.05) is 79.3 Å². The maximum atomic E-state index is 5.59. The second-order valence-electron chi connectivity index (χ2n) is 8.74. The zero-order valence-corrected chi connectivity index (χ0v) is 21.0. The lowest BCUT2D eigenvalue weighted by Gasteiger charge is -2.10. The Morgan fingerprint density at radius 2 is 0.667 bits per heavy atom.